The largest absolute Gasteiger partial charge is 0.543 e. The van der Waals surface area contributed by atoms with Crippen molar-refractivity contribution in [1.82, 2.24) is 24.3 Å². The molecule has 2 aromatic rings. The number of nitrogens with two attached hydrogens (primary N) is 2. The third-order valence-electron chi connectivity index (χ3n) is 6.16. The van der Waals surface area contributed by atoms with Crippen molar-refractivity contribution in [3.63, 3.8) is 0 Å². The molecule has 0 aromatic carbocycles. The molecule has 0 saturated carbocycles. The van der Waals surface area contributed by atoms with Gasteiger partial charge in [0.2, 0.25) is 17.1 Å². The third kappa shape index (κ3) is 5.94. The first-order valence-electron chi connectivity index (χ1n) is 12.0. The van der Waals surface area contributed by atoms with Crippen LogP contribution in [0.3, 0.4) is 0 Å². The number of halogens is 1. The van der Waals surface area contributed by atoms with Crippen molar-refractivity contribution < 1.29 is 43.3 Å². The number of nitrogens with zero attached hydrogens (tertiary/aromatic N) is 6. The molecule has 0 unspecified atom stereocenters. The highest BCUT2D eigenvalue weighted by Gasteiger charge is 2.53. The lowest BCUT2D eigenvalue weighted by Gasteiger charge is -2.50. The summed E-state index contributed by atoms with van der Waals surface area (Å²) in [6.45, 7) is 2.18. The number of carbonyl (C=O) groups is 4. The Kier molecular flexibility index (Phi) is 8.47. The van der Waals surface area contributed by atoms with E-state index in [9.17, 15) is 33.8 Å². The zero-order chi connectivity index (χ0) is 30.1. The van der Waals surface area contributed by atoms with E-state index in [4.69, 9.17) is 16.3 Å². The summed E-state index contributed by atoms with van der Waals surface area (Å²) in [7, 11) is 0. The number of amides is 2. The number of β-lactam (4-membered cyclic amide) rings is 1. The lowest BCUT2D eigenvalue weighted by molar-refractivity contribution is -0.767. The van der Waals surface area contributed by atoms with E-state index in [1.165, 1.54) is 25.6 Å². The molecular weight excluding hydrogens is 585 g/mol. The van der Waals surface area contributed by atoms with Crippen molar-refractivity contribution in [2.75, 3.05) is 23.9 Å². The SMILES string of the molecule is CC(C)(O/N=C(\C(=O)N[C@@H]1C(=O)N2C(C(=O)[O-])=C(C[n+]3ccc(N)n3CCCF)CS[C@H]12)c1nsc(N)n1)C(=O)O. The predicted octanol–water partition coefficient (Wildman–Crippen LogP) is -2.16. The number of thioether (sulfide) groups is 1. The Labute approximate surface area is 240 Å². The molecule has 1 saturated heterocycles. The number of hydrogen-bond acceptors (Lipinski definition) is 13. The van der Waals surface area contributed by atoms with Crippen molar-refractivity contribution in [3.05, 3.63) is 29.4 Å². The van der Waals surface area contributed by atoms with Crippen LogP contribution in [-0.4, -0.2) is 83.0 Å². The monoisotopic (exact) mass is 611 g/mol. The highest BCUT2D eigenvalue weighted by atomic mass is 32.2. The molecular formula is C22H26FN9O7S2. The standard InChI is InChI=1S/C22H26FN9O7S2/c1-22(2,20(37)38)39-28-12(15-27-21(25)41-29-15)16(33)26-13-17(34)32-14(19(35)36)10(9-40-18(13)32)8-30-7-4-11(24)31(30)6-3-5-23/h4,7,13,18,24H,3,5-6,8-9H2,1-2H3,(H5,25,26,27,29,33,35,36,37,38)/b28-12-/t13-,18-/m1/s1. The maximum Gasteiger partial charge on any atom is 0.350 e. The lowest BCUT2D eigenvalue weighted by Crippen LogP contribution is -2.71. The molecule has 0 bridgehead atoms. The summed E-state index contributed by atoms with van der Waals surface area (Å²) in [4.78, 5) is 59.8. The second-order valence-corrected chi connectivity index (χ2v) is 11.3. The van der Waals surface area contributed by atoms with Gasteiger partial charge < -0.3 is 36.6 Å². The average molecular weight is 612 g/mol. The average Bonchev–Trinajstić information content (AvgIpc) is 3.50. The van der Waals surface area contributed by atoms with Crippen molar-refractivity contribution in [2.45, 2.75) is 50.4 Å². The topological polar surface area (TPSA) is 235 Å². The minimum absolute atomic E-state index is 0.00143. The van der Waals surface area contributed by atoms with Crippen molar-refractivity contribution in [1.29, 1.82) is 0 Å². The van der Waals surface area contributed by atoms with Gasteiger partial charge in [0.1, 0.15) is 11.4 Å². The van der Waals surface area contributed by atoms with E-state index in [1.54, 1.807) is 21.6 Å². The van der Waals surface area contributed by atoms with Crippen molar-refractivity contribution in [2.24, 2.45) is 5.16 Å². The molecule has 2 amide bonds. The Morgan fingerprint density at radius 2 is 2.12 bits per heavy atom. The third-order valence-corrected chi connectivity index (χ3v) is 8.04. The van der Waals surface area contributed by atoms with Crippen LogP contribution in [0, 0.1) is 0 Å². The van der Waals surface area contributed by atoms with Crippen molar-refractivity contribution in [3.8, 4) is 0 Å². The van der Waals surface area contributed by atoms with Gasteiger partial charge in [-0.25, -0.2) is 4.79 Å². The molecule has 2 aliphatic rings. The number of aromatic nitrogens is 4. The van der Waals surface area contributed by atoms with Gasteiger partial charge in [-0.15, -0.1) is 21.1 Å². The summed E-state index contributed by atoms with van der Waals surface area (Å²) in [5.41, 5.74) is 9.26. The summed E-state index contributed by atoms with van der Waals surface area (Å²) in [6.07, 6.45) is 1.83. The summed E-state index contributed by atoms with van der Waals surface area (Å²) in [5.74, 6) is -4.34. The number of alkyl halides is 1. The lowest BCUT2D eigenvalue weighted by atomic mass is 10.0. The van der Waals surface area contributed by atoms with Gasteiger partial charge >= 0.3 is 5.97 Å². The van der Waals surface area contributed by atoms with Crippen LogP contribution in [-0.2, 0) is 37.1 Å². The van der Waals surface area contributed by atoms with Gasteiger partial charge in [0.05, 0.1) is 31.0 Å². The van der Waals surface area contributed by atoms with E-state index in [1.807, 2.05) is 0 Å². The van der Waals surface area contributed by atoms with Gasteiger partial charge in [-0.2, -0.15) is 9.36 Å². The summed E-state index contributed by atoms with van der Waals surface area (Å²) in [5, 5.41) is 26.8. The molecule has 220 valence electrons. The molecule has 2 aromatic heterocycles. The smallest absolute Gasteiger partial charge is 0.350 e. The number of nitrogens with one attached hydrogen (secondary N) is 1. The molecule has 2 aliphatic heterocycles. The zero-order valence-corrected chi connectivity index (χ0v) is 23.4. The van der Waals surface area contributed by atoms with Gasteiger partial charge in [-0.3, -0.25) is 18.9 Å². The van der Waals surface area contributed by atoms with Gasteiger partial charge in [-0.1, -0.05) is 5.16 Å². The second kappa shape index (κ2) is 11.7. The Hall–Kier alpha value is -4.26. The first-order valence-corrected chi connectivity index (χ1v) is 13.9. The van der Waals surface area contributed by atoms with Crippen LogP contribution >= 0.6 is 23.3 Å². The highest BCUT2D eigenvalue weighted by Crippen LogP contribution is 2.40. The van der Waals surface area contributed by atoms with Gasteiger partial charge in [0.25, 0.3) is 11.8 Å². The van der Waals surface area contributed by atoms with E-state index in [-0.39, 0.29) is 41.9 Å². The maximum atomic E-state index is 13.2. The first-order chi connectivity index (χ1) is 19.4. The number of carbonyl (C=O) groups excluding carboxylic acids is 3. The highest BCUT2D eigenvalue weighted by molar-refractivity contribution is 8.00. The predicted molar refractivity (Wildman–Crippen MR) is 140 cm³/mol. The number of rotatable bonds is 12. The molecule has 19 heteroatoms. The van der Waals surface area contributed by atoms with Crippen LogP contribution < -0.4 is 26.6 Å². The fourth-order valence-electron chi connectivity index (χ4n) is 3.99. The Balaban J connectivity index is 1.55. The number of hydrogen-bond donors (Lipinski definition) is 4. The Bertz CT molecular complexity index is 1450. The zero-order valence-electron chi connectivity index (χ0n) is 21.8. The molecule has 1 fully saturated rings. The Morgan fingerprint density at radius 1 is 1.39 bits per heavy atom. The van der Waals surface area contributed by atoms with Gasteiger partial charge in [-0.05, 0) is 20.3 Å². The molecule has 2 atom stereocenters. The summed E-state index contributed by atoms with van der Waals surface area (Å²) in [6, 6.07) is 0.441. The molecule has 4 rings (SSSR count). The maximum absolute atomic E-state index is 13.2. The fraction of sp³-hybridized carbons (Fsp3) is 0.455. The van der Waals surface area contributed by atoms with Gasteiger partial charge in [0.15, 0.2) is 23.7 Å². The number of anilines is 2. The minimum atomic E-state index is -1.81. The van der Waals surface area contributed by atoms with Crippen LogP contribution in [0.4, 0.5) is 15.3 Å². The molecule has 0 spiro atoms. The molecule has 41 heavy (non-hydrogen) atoms. The van der Waals surface area contributed by atoms with E-state index in [0.29, 0.717) is 11.4 Å². The van der Waals surface area contributed by atoms with Crippen LogP contribution in [0.2, 0.25) is 0 Å². The van der Waals surface area contributed by atoms with Crippen molar-refractivity contribution >= 4 is 63.7 Å². The number of carboxylic acid groups (broad SMARTS) is 2. The molecule has 6 N–H and O–H groups in total. The summed E-state index contributed by atoms with van der Waals surface area (Å²) < 4.78 is 19.9. The number of oxime groups is 1. The first kappa shape index (κ1) is 29.7. The van der Waals surface area contributed by atoms with Crippen LogP contribution in [0.25, 0.3) is 0 Å². The van der Waals surface area contributed by atoms with E-state index in [0.717, 1.165) is 16.4 Å². The normalized spacial score (nSPS) is 19.0. The second-order valence-electron chi connectivity index (χ2n) is 9.41. The fourth-order valence-corrected chi connectivity index (χ4v) is 5.76. The molecule has 0 radical (unpaired) electrons. The Morgan fingerprint density at radius 3 is 2.73 bits per heavy atom. The molecule has 0 aliphatic carbocycles. The van der Waals surface area contributed by atoms with E-state index < -0.39 is 53.2 Å². The number of fused-ring (bicyclic) bond motifs is 1. The van der Waals surface area contributed by atoms with E-state index in [2.05, 4.69) is 19.8 Å². The number of aliphatic carboxylic acids is 2. The summed E-state index contributed by atoms with van der Waals surface area (Å²) >= 11 is 1.96. The van der Waals surface area contributed by atoms with Crippen LogP contribution in [0.5, 0.6) is 0 Å². The van der Waals surface area contributed by atoms with E-state index >= 15 is 0 Å². The molecule has 4 heterocycles. The van der Waals surface area contributed by atoms with Crippen LogP contribution in [0.15, 0.2) is 28.7 Å². The number of carboxylic acids is 2. The van der Waals surface area contributed by atoms with Gasteiger partial charge in [0, 0.05) is 22.9 Å². The molecule has 16 nitrogen and oxygen atoms in total. The van der Waals surface area contributed by atoms with Crippen LogP contribution in [0.1, 0.15) is 26.1 Å². The quantitative estimate of drug-likeness (QED) is 0.0869. The minimum Gasteiger partial charge on any atom is -0.543 e. The number of nitrogen functional groups attached to an aromatic ring is 2.